The van der Waals surface area contributed by atoms with Crippen molar-refractivity contribution < 1.29 is 9.59 Å². The van der Waals surface area contributed by atoms with Crippen LogP contribution in [0.15, 0.2) is 36.5 Å². The smallest absolute Gasteiger partial charge is 0.225 e. The monoisotopic (exact) mass is 378 g/mol. The number of ketones is 1. The average Bonchev–Trinajstić information content (AvgIpc) is 2.73. The number of nitrogens with zero attached hydrogens (tertiary/aromatic N) is 4. The van der Waals surface area contributed by atoms with Crippen molar-refractivity contribution in [3.05, 3.63) is 53.3 Å². The third kappa shape index (κ3) is 3.63. The molecule has 1 aromatic carbocycles. The number of fused-ring (bicyclic) bond motifs is 1. The zero-order valence-electron chi connectivity index (χ0n) is 16.5. The van der Waals surface area contributed by atoms with Gasteiger partial charge in [0.25, 0.3) is 0 Å². The molecule has 1 unspecified atom stereocenters. The minimum Gasteiger partial charge on any atom is -0.339 e. The fourth-order valence-electron chi connectivity index (χ4n) is 4.04. The van der Waals surface area contributed by atoms with Crippen molar-refractivity contribution >= 4 is 17.6 Å². The summed E-state index contributed by atoms with van der Waals surface area (Å²) in [5, 5.41) is 0. The highest BCUT2D eigenvalue weighted by Crippen LogP contribution is 2.32. The van der Waals surface area contributed by atoms with Crippen molar-refractivity contribution in [3.8, 4) is 0 Å². The van der Waals surface area contributed by atoms with Crippen LogP contribution in [0.5, 0.6) is 0 Å². The van der Waals surface area contributed by atoms with Gasteiger partial charge < -0.3 is 9.80 Å². The number of rotatable bonds is 3. The van der Waals surface area contributed by atoms with E-state index >= 15 is 0 Å². The Morgan fingerprint density at radius 1 is 1.07 bits per heavy atom. The summed E-state index contributed by atoms with van der Waals surface area (Å²) >= 11 is 0. The lowest BCUT2D eigenvalue weighted by atomic mass is 9.82. The molecule has 2 aliphatic rings. The molecule has 0 saturated carbocycles. The van der Waals surface area contributed by atoms with E-state index in [0.29, 0.717) is 44.1 Å². The van der Waals surface area contributed by atoms with Crippen molar-refractivity contribution in [1.82, 2.24) is 14.9 Å². The second kappa shape index (κ2) is 7.70. The predicted molar refractivity (Wildman–Crippen MR) is 107 cm³/mol. The molecule has 28 heavy (non-hydrogen) atoms. The summed E-state index contributed by atoms with van der Waals surface area (Å²) in [6.45, 7) is 6.66. The zero-order valence-corrected chi connectivity index (χ0v) is 16.5. The second-order valence-corrected chi connectivity index (χ2v) is 7.94. The van der Waals surface area contributed by atoms with Crippen LogP contribution in [0.3, 0.4) is 0 Å². The molecule has 1 saturated heterocycles. The van der Waals surface area contributed by atoms with E-state index in [1.807, 2.05) is 36.9 Å². The highest BCUT2D eigenvalue weighted by atomic mass is 16.2. The minimum absolute atomic E-state index is 0.0208. The number of amides is 1. The Hall–Kier alpha value is -2.76. The first-order valence-corrected chi connectivity index (χ1v) is 10.0. The van der Waals surface area contributed by atoms with Crippen molar-refractivity contribution in [3.63, 3.8) is 0 Å². The van der Waals surface area contributed by atoms with E-state index in [4.69, 9.17) is 4.98 Å². The fraction of sp³-hybridized carbons (Fsp3) is 0.455. The van der Waals surface area contributed by atoms with Crippen LogP contribution in [0.4, 0.5) is 5.95 Å². The highest BCUT2D eigenvalue weighted by molar-refractivity contribution is 5.98. The summed E-state index contributed by atoms with van der Waals surface area (Å²) in [5.41, 5.74) is 2.68. The number of benzene rings is 1. The summed E-state index contributed by atoms with van der Waals surface area (Å²) in [7, 11) is 0. The maximum absolute atomic E-state index is 12.6. The Labute approximate surface area is 165 Å². The number of carbonyl (C=O) groups is 2. The molecule has 1 aliphatic heterocycles. The third-order valence-corrected chi connectivity index (χ3v) is 5.67. The Morgan fingerprint density at radius 3 is 2.46 bits per heavy atom. The number of Topliss-reactive ketones (excluding diaryl/α,β-unsaturated/α-hetero) is 1. The molecule has 4 rings (SSSR count). The topological polar surface area (TPSA) is 66.4 Å². The standard InChI is InChI=1S/C22H26N4O2/c1-15(2)21(28)25-8-10-26(11-9-25)22-23-14-18-19(24-22)12-17(13-20(18)27)16-6-4-3-5-7-16/h3-7,14-15,17H,8-13H2,1-2H3. The van der Waals surface area contributed by atoms with Crippen molar-refractivity contribution in [2.24, 2.45) is 5.92 Å². The van der Waals surface area contributed by atoms with Crippen molar-refractivity contribution in [2.75, 3.05) is 31.1 Å². The molecule has 1 fully saturated rings. The SMILES string of the molecule is CC(C)C(=O)N1CCN(c2ncc3c(n2)CC(c2ccccc2)CC3=O)CC1. The second-order valence-electron chi connectivity index (χ2n) is 7.94. The van der Waals surface area contributed by atoms with Crippen LogP contribution in [0.2, 0.25) is 0 Å². The summed E-state index contributed by atoms with van der Waals surface area (Å²) in [5.74, 6) is 1.17. The van der Waals surface area contributed by atoms with Gasteiger partial charge in [0.15, 0.2) is 5.78 Å². The molecular formula is C22H26N4O2. The number of piperazine rings is 1. The van der Waals surface area contributed by atoms with Crippen LogP contribution in [-0.2, 0) is 11.2 Å². The molecule has 1 amide bonds. The fourth-order valence-corrected chi connectivity index (χ4v) is 4.04. The van der Waals surface area contributed by atoms with Gasteiger partial charge in [0.05, 0.1) is 11.3 Å². The molecule has 2 aromatic rings. The van der Waals surface area contributed by atoms with Crippen LogP contribution < -0.4 is 4.90 Å². The molecule has 1 aromatic heterocycles. The lowest BCUT2D eigenvalue weighted by Crippen LogP contribution is -2.50. The Kier molecular flexibility index (Phi) is 5.11. The quantitative estimate of drug-likeness (QED) is 0.822. The summed E-state index contributed by atoms with van der Waals surface area (Å²) in [6.07, 6.45) is 2.95. The Morgan fingerprint density at radius 2 is 1.79 bits per heavy atom. The molecule has 0 bridgehead atoms. The lowest BCUT2D eigenvalue weighted by Gasteiger charge is -2.36. The van der Waals surface area contributed by atoms with Gasteiger partial charge in [-0.2, -0.15) is 0 Å². The molecule has 6 heteroatoms. The predicted octanol–water partition coefficient (Wildman–Crippen LogP) is 2.69. The van der Waals surface area contributed by atoms with Crippen LogP contribution in [-0.4, -0.2) is 52.7 Å². The van der Waals surface area contributed by atoms with Gasteiger partial charge in [-0.15, -0.1) is 0 Å². The van der Waals surface area contributed by atoms with Crippen LogP contribution in [0.25, 0.3) is 0 Å². The van der Waals surface area contributed by atoms with Crippen molar-refractivity contribution in [1.29, 1.82) is 0 Å². The highest BCUT2D eigenvalue weighted by Gasteiger charge is 2.29. The van der Waals surface area contributed by atoms with Crippen LogP contribution >= 0.6 is 0 Å². The van der Waals surface area contributed by atoms with E-state index in [2.05, 4.69) is 22.0 Å². The number of hydrogen-bond acceptors (Lipinski definition) is 5. The molecule has 0 N–H and O–H groups in total. The number of carbonyl (C=O) groups excluding carboxylic acids is 2. The van der Waals surface area contributed by atoms with Gasteiger partial charge in [-0.05, 0) is 17.9 Å². The van der Waals surface area contributed by atoms with Gasteiger partial charge in [-0.25, -0.2) is 9.97 Å². The first-order chi connectivity index (χ1) is 13.5. The van der Waals surface area contributed by atoms with E-state index in [1.165, 1.54) is 5.56 Å². The summed E-state index contributed by atoms with van der Waals surface area (Å²) in [4.78, 5) is 38.0. The molecular weight excluding hydrogens is 352 g/mol. The summed E-state index contributed by atoms with van der Waals surface area (Å²) < 4.78 is 0. The first kappa shape index (κ1) is 18.6. The molecule has 6 nitrogen and oxygen atoms in total. The Balaban J connectivity index is 1.50. The summed E-state index contributed by atoms with van der Waals surface area (Å²) in [6, 6.07) is 10.2. The van der Waals surface area contributed by atoms with Crippen LogP contribution in [0.1, 0.15) is 47.8 Å². The molecule has 0 radical (unpaired) electrons. The lowest BCUT2D eigenvalue weighted by molar-refractivity contribution is -0.134. The van der Waals surface area contributed by atoms with Gasteiger partial charge in [0.2, 0.25) is 11.9 Å². The van der Waals surface area contributed by atoms with Gasteiger partial charge in [0.1, 0.15) is 0 Å². The van der Waals surface area contributed by atoms with E-state index in [0.717, 1.165) is 12.1 Å². The molecule has 0 spiro atoms. The average molecular weight is 378 g/mol. The number of hydrogen-bond donors (Lipinski definition) is 0. The van der Waals surface area contributed by atoms with Crippen molar-refractivity contribution in [2.45, 2.75) is 32.6 Å². The Bertz CT molecular complexity index is 873. The van der Waals surface area contributed by atoms with E-state index < -0.39 is 0 Å². The maximum Gasteiger partial charge on any atom is 0.225 e. The minimum atomic E-state index is 0.0208. The normalized spacial score (nSPS) is 19.7. The van der Waals surface area contributed by atoms with E-state index in [9.17, 15) is 9.59 Å². The molecule has 1 aliphatic carbocycles. The van der Waals surface area contributed by atoms with Gasteiger partial charge in [-0.1, -0.05) is 44.2 Å². The van der Waals surface area contributed by atoms with E-state index in [1.54, 1.807) is 6.20 Å². The third-order valence-electron chi connectivity index (χ3n) is 5.67. The maximum atomic E-state index is 12.6. The largest absolute Gasteiger partial charge is 0.339 e. The van der Waals surface area contributed by atoms with Gasteiger partial charge >= 0.3 is 0 Å². The molecule has 2 heterocycles. The first-order valence-electron chi connectivity index (χ1n) is 10.0. The van der Waals surface area contributed by atoms with E-state index in [-0.39, 0.29) is 23.5 Å². The van der Waals surface area contributed by atoms with Gasteiger partial charge in [-0.3, -0.25) is 9.59 Å². The number of aromatic nitrogens is 2. The zero-order chi connectivity index (χ0) is 19.7. The molecule has 146 valence electrons. The number of anilines is 1. The molecule has 1 atom stereocenters. The van der Waals surface area contributed by atoms with Gasteiger partial charge in [0, 0.05) is 44.7 Å². The van der Waals surface area contributed by atoms with Crippen LogP contribution in [0, 0.1) is 5.92 Å².